The van der Waals surface area contributed by atoms with E-state index < -0.39 is 23.5 Å². The van der Waals surface area contributed by atoms with Gasteiger partial charge < -0.3 is 14.8 Å². The first-order valence-electron chi connectivity index (χ1n) is 8.85. The van der Waals surface area contributed by atoms with E-state index in [9.17, 15) is 26.3 Å². The van der Waals surface area contributed by atoms with E-state index in [1.807, 2.05) is 9.80 Å². The summed E-state index contributed by atoms with van der Waals surface area (Å²) in [7, 11) is 0. The average molecular weight is 414 g/mol. The van der Waals surface area contributed by atoms with Crippen molar-refractivity contribution in [2.45, 2.75) is 12.4 Å². The number of rotatable bonds is 2. The first kappa shape index (κ1) is 19.4. The van der Waals surface area contributed by atoms with Gasteiger partial charge in [-0.05, 0) is 36.4 Å². The Morgan fingerprint density at radius 2 is 1.38 bits per heavy atom. The molecule has 1 aromatic heterocycles. The third-order valence-corrected chi connectivity index (χ3v) is 4.91. The van der Waals surface area contributed by atoms with Crippen LogP contribution in [0.3, 0.4) is 0 Å². The lowest BCUT2D eigenvalue weighted by atomic mass is 10.1. The van der Waals surface area contributed by atoms with Crippen molar-refractivity contribution in [2.75, 3.05) is 36.0 Å². The minimum atomic E-state index is -4.43. The second-order valence-electron chi connectivity index (χ2n) is 6.81. The van der Waals surface area contributed by atoms with E-state index in [-0.39, 0.29) is 5.52 Å². The van der Waals surface area contributed by atoms with E-state index in [0.29, 0.717) is 43.3 Å². The van der Waals surface area contributed by atoms with Gasteiger partial charge in [-0.15, -0.1) is 0 Å². The Morgan fingerprint density at radius 3 is 2.03 bits per heavy atom. The lowest BCUT2D eigenvalue weighted by molar-refractivity contribution is -0.138. The summed E-state index contributed by atoms with van der Waals surface area (Å²) in [4.78, 5) is 11.0. The van der Waals surface area contributed by atoms with Crippen LogP contribution in [-0.4, -0.2) is 36.1 Å². The molecule has 2 heterocycles. The van der Waals surface area contributed by atoms with Crippen LogP contribution in [0.4, 0.5) is 38.0 Å². The van der Waals surface area contributed by atoms with Crippen LogP contribution in [0.2, 0.25) is 0 Å². The van der Waals surface area contributed by atoms with Gasteiger partial charge >= 0.3 is 12.4 Å². The molecule has 0 saturated carbocycles. The molecular weight excluding hydrogens is 398 g/mol. The quantitative estimate of drug-likeness (QED) is 0.605. The molecule has 0 atom stereocenters. The highest BCUT2D eigenvalue weighted by Crippen LogP contribution is 2.33. The minimum absolute atomic E-state index is 0.287. The summed E-state index contributed by atoms with van der Waals surface area (Å²) in [5, 5.41) is 0. The van der Waals surface area contributed by atoms with E-state index in [1.54, 1.807) is 6.07 Å². The number of piperazine rings is 1. The molecule has 3 aromatic rings. The normalized spacial score (nSPS) is 15.9. The van der Waals surface area contributed by atoms with Crippen molar-refractivity contribution in [1.29, 1.82) is 0 Å². The molecule has 0 spiro atoms. The van der Waals surface area contributed by atoms with Crippen LogP contribution in [0.25, 0.3) is 11.0 Å². The Morgan fingerprint density at radius 1 is 0.759 bits per heavy atom. The van der Waals surface area contributed by atoms with Gasteiger partial charge in [0.15, 0.2) is 0 Å². The van der Waals surface area contributed by atoms with Crippen molar-refractivity contribution >= 4 is 22.7 Å². The fraction of sp³-hybridized carbons (Fsp3) is 0.316. The number of halogens is 6. The molecule has 154 valence electrons. The minimum Gasteiger partial charge on any atom is -0.368 e. The van der Waals surface area contributed by atoms with Gasteiger partial charge in [0, 0.05) is 31.9 Å². The molecule has 0 unspecified atom stereocenters. The highest BCUT2D eigenvalue weighted by Gasteiger charge is 2.32. The lowest BCUT2D eigenvalue weighted by Gasteiger charge is -2.36. The molecule has 29 heavy (non-hydrogen) atoms. The Labute approximate surface area is 161 Å². The van der Waals surface area contributed by atoms with Gasteiger partial charge in [-0.2, -0.15) is 26.3 Å². The second-order valence-corrected chi connectivity index (χ2v) is 6.81. The van der Waals surface area contributed by atoms with E-state index in [4.69, 9.17) is 0 Å². The van der Waals surface area contributed by atoms with E-state index >= 15 is 0 Å². The number of aromatic amines is 1. The first-order valence-corrected chi connectivity index (χ1v) is 8.85. The molecule has 1 aliphatic heterocycles. The van der Waals surface area contributed by atoms with Crippen LogP contribution < -0.4 is 9.80 Å². The molecule has 1 N–H and O–H groups in total. The zero-order valence-corrected chi connectivity index (χ0v) is 15.0. The van der Waals surface area contributed by atoms with Crippen molar-refractivity contribution < 1.29 is 26.3 Å². The van der Waals surface area contributed by atoms with Crippen LogP contribution in [0.5, 0.6) is 0 Å². The van der Waals surface area contributed by atoms with Crippen LogP contribution in [0, 0.1) is 0 Å². The molecular formula is C19H16F6N4. The zero-order valence-electron chi connectivity index (χ0n) is 15.0. The maximum Gasteiger partial charge on any atom is 0.416 e. The Bertz CT molecular complexity index is 1020. The predicted octanol–water partition coefficient (Wildman–Crippen LogP) is 4.93. The van der Waals surface area contributed by atoms with Crippen molar-refractivity contribution in [2.24, 2.45) is 0 Å². The Balaban J connectivity index is 1.48. The van der Waals surface area contributed by atoms with Crippen molar-refractivity contribution in [3.63, 3.8) is 0 Å². The molecule has 0 amide bonds. The fourth-order valence-electron chi connectivity index (χ4n) is 3.38. The number of aromatic nitrogens is 2. The maximum atomic E-state index is 12.9. The molecule has 0 radical (unpaired) electrons. The molecule has 1 saturated heterocycles. The number of nitrogens with one attached hydrogen (secondary N) is 1. The predicted molar refractivity (Wildman–Crippen MR) is 97.0 cm³/mol. The molecule has 10 heteroatoms. The number of anilines is 2. The summed E-state index contributed by atoms with van der Waals surface area (Å²) in [6.07, 6.45) is -8.84. The summed E-state index contributed by atoms with van der Waals surface area (Å²) in [5.74, 6) is 0.447. The third kappa shape index (κ3) is 3.96. The van der Waals surface area contributed by atoms with E-state index in [2.05, 4.69) is 9.97 Å². The van der Waals surface area contributed by atoms with Gasteiger partial charge in [-0.3, -0.25) is 0 Å². The summed E-state index contributed by atoms with van der Waals surface area (Å²) < 4.78 is 77.3. The van der Waals surface area contributed by atoms with Crippen LogP contribution in [0.1, 0.15) is 11.1 Å². The smallest absolute Gasteiger partial charge is 0.368 e. The SMILES string of the molecule is FC(F)(F)c1cccc(N2CCN(c3nc4ccc(C(F)(F)F)cc4[nH]3)CC2)c1. The molecule has 1 fully saturated rings. The van der Waals surface area contributed by atoms with Gasteiger partial charge in [0.1, 0.15) is 0 Å². The van der Waals surface area contributed by atoms with Crippen LogP contribution in [-0.2, 0) is 12.4 Å². The summed E-state index contributed by atoms with van der Waals surface area (Å²) >= 11 is 0. The molecule has 1 aliphatic rings. The van der Waals surface area contributed by atoms with E-state index in [1.165, 1.54) is 12.1 Å². The lowest BCUT2D eigenvalue weighted by Crippen LogP contribution is -2.47. The monoisotopic (exact) mass is 414 g/mol. The average Bonchev–Trinajstić information content (AvgIpc) is 3.10. The molecule has 0 bridgehead atoms. The number of hydrogen-bond acceptors (Lipinski definition) is 3. The number of imidazole rings is 1. The maximum absolute atomic E-state index is 12.9. The second kappa shape index (κ2) is 6.85. The van der Waals surface area contributed by atoms with Crippen LogP contribution in [0.15, 0.2) is 42.5 Å². The summed E-state index contributed by atoms with van der Waals surface area (Å²) in [6.45, 7) is 1.88. The zero-order chi connectivity index (χ0) is 20.8. The van der Waals surface area contributed by atoms with Crippen molar-refractivity contribution in [1.82, 2.24) is 9.97 Å². The standard InChI is InChI=1S/C19H16F6N4/c20-18(21,22)12-2-1-3-14(10-12)28-6-8-29(9-7-28)17-26-15-5-4-13(19(23,24)25)11-16(15)27-17/h1-5,10-11H,6-9H2,(H,26,27). The molecule has 0 aliphatic carbocycles. The summed E-state index contributed by atoms with van der Waals surface area (Å²) in [6, 6.07) is 8.48. The number of benzene rings is 2. The Kier molecular flexibility index (Phi) is 4.59. The van der Waals surface area contributed by atoms with Crippen LogP contribution >= 0.6 is 0 Å². The van der Waals surface area contributed by atoms with Gasteiger partial charge in [-0.25, -0.2) is 4.98 Å². The van der Waals surface area contributed by atoms with Crippen molar-refractivity contribution in [3.05, 3.63) is 53.6 Å². The van der Waals surface area contributed by atoms with Gasteiger partial charge in [0.25, 0.3) is 0 Å². The third-order valence-electron chi connectivity index (χ3n) is 4.91. The topological polar surface area (TPSA) is 35.2 Å². The number of fused-ring (bicyclic) bond motifs is 1. The number of hydrogen-bond donors (Lipinski definition) is 1. The highest BCUT2D eigenvalue weighted by molar-refractivity contribution is 5.78. The number of alkyl halides is 6. The summed E-state index contributed by atoms with van der Waals surface area (Å²) in [5.41, 5.74) is -0.257. The first-order chi connectivity index (χ1) is 13.6. The van der Waals surface area contributed by atoms with Gasteiger partial charge in [-0.1, -0.05) is 6.07 Å². The molecule has 4 rings (SSSR count). The number of H-pyrrole nitrogens is 1. The molecule has 4 nitrogen and oxygen atoms in total. The van der Waals surface area contributed by atoms with Gasteiger partial charge in [0.2, 0.25) is 5.95 Å². The van der Waals surface area contributed by atoms with E-state index in [0.717, 1.165) is 24.3 Å². The highest BCUT2D eigenvalue weighted by atomic mass is 19.4. The van der Waals surface area contributed by atoms with Gasteiger partial charge in [0.05, 0.1) is 22.2 Å². The molecule has 2 aromatic carbocycles. The fourth-order valence-corrected chi connectivity index (χ4v) is 3.38. The Hall–Kier alpha value is -2.91. The largest absolute Gasteiger partial charge is 0.416 e. The number of nitrogens with zero attached hydrogens (tertiary/aromatic N) is 3. The van der Waals surface area contributed by atoms with Crippen molar-refractivity contribution in [3.8, 4) is 0 Å².